The summed E-state index contributed by atoms with van der Waals surface area (Å²) in [5.74, 6) is 0.208. The molecule has 0 radical (unpaired) electrons. The van der Waals surface area contributed by atoms with Gasteiger partial charge in [0.25, 0.3) is 5.91 Å². The molecule has 1 amide bonds. The molecular formula is C18H19NO4S. The Morgan fingerprint density at radius 2 is 1.67 bits per heavy atom. The van der Waals surface area contributed by atoms with Crippen LogP contribution in [-0.2, 0) is 9.84 Å². The van der Waals surface area contributed by atoms with E-state index < -0.39 is 15.1 Å². The third-order valence-corrected chi connectivity index (χ3v) is 7.36. The number of carbonyl (C=O) groups is 1. The first-order valence-corrected chi connectivity index (χ1v) is 9.77. The summed E-state index contributed by atoms with van der Waals surface area (Å²) in [6.45, 7) is 0. The Hall–Kier alpha value is -2.08. The van der Waals surface area contributed by atoms with Gasteiger partial charge in [0.05, 0.1) is 16.4 Å². The zero-order valence-corrected chi connectivity index (χ0v) is 14.0. The Kier molecular flexibility index (Phi) is 3.72. The molecule has 2 aromatic rings. The van der Waals surface area contributed by atoms with Gasteiger partial charge in [-0.25, -0.2) is 8.42 Å². The van der Waals surface area contributed by atoms with Crippen molar-refractivity contribution in [3.63, 3.8) is 0 Å². The first kappa shape index (κ1) is 15.4. The molecule has 2 aliphatic heterocycles. The molecule has 1 aromatic heterocycles. The molecule has 6 heteroatoms. The van der Waals surface area contributed by atoms with Gasteiger partial charge in [0, 0.05) is 12.1 Å². The number of rotatable bonds is 3. The third kappa shape index (κ3) is 2.45. The third-order valence-electron chi connectivity index (χ3n) is 5.17. The molecule has 3 heterocycles. The molecular weight excluding hydrogens is 326 g/mol. The van der Waals surface area contributed by atoms with E-state index in [2.05, 4.69) is 0 Å². The van der Waals surface area contributed by atoms with Gasteiger partial charge in [-0.1, -0.05) is 18.2 Å². The van der Waals surface area contributed by atoms with Crippen molar-refractivity contribution in [3.05, 3.63) is 54.5 Å². The first-order valence-electron chi connectivity index (χ1n) is 8.22. The maximum absolute atomic E-state index is 12.9. The molecule has 24 heavy (non-hydrogen) atoms. The normalized spacial score (nSPS) is 26.5. The van der Waals surface area contributed by atoms with Crippen LogP contribution in [-0.4, -0.2) is 36.6 Å². The minimum atomic E-state index is -3.35. The van der Waals surface area contributed by atoms with Gasteiger partial charge in [-0.05, 0) is 49.9 Å². The van der Waals surface area contributed by atoms with Crippen LogP contribution in [0, 0.1) is 0 Å². The highest BCUT2D eigenvalue weighted by molar-refractivity contribution is 7.92. The first-order chi connectivity index (χ1) is 11.6. The fraction of sp³-hybridized carbons (Fsp3) is 0.389. The van der Waals surface area contributed by atoms with Crippen molar-refractivity contribution < 1.29 is 17.6 Å². The summed E-state index contributed by atoms with van der Waals surface area (Å²) in [4.78, 5) is 14.8. The molecule has 2 saturated heterocycles. The van der Waals surface area contributed by atoms with Crippen molar-refractivity contribution in [3.8, 4) is 0 Å². The molecule has 0 N–H and O–H groups in total. The molecule has 0 spiro atoms. The van der Waals surface area contributed by atoms with E-state index in [1.54, 1.807) is 36.4 Å². The minimum absolute atomic E-state index is 0.0233. The van der Waals surface area contributed by atoms with Crippen LogP contribution < -0.4 is 0 Å². The van der Waals surface area contributed by atoms with Crippen molar-refractivity contribution in [2.45, 2.75) is 47.9 Å². The smallest absolute Gasteiger partial charge is 0.290 e. The average Bonchev–Trinajstić information content (AvgIpc) is 3.21. The van der Waals surface area contributed by atoms with E-state index in [1.807, 2.05) is 11.0 Å². The molecule has 0 unspecified atom stereocenters. The number of sulfone groups is 1. The summed E-state index contributed by atoms with van der Waals surface area (Å²) in [6.07, 6.45) is 4.21. The Bertz CT molecular complexity index is 815. The topological polar surface area (TPSA) is 67.6 Å². The molecule has 2 atom stereocenters. The van der Waals surface area contributed by atoms with Crippen LogP contribution in [0.25, 0.3) is 0 Å². The fourth-order valence-corrected chi connectivity index (χ4v) is 5.91. The van der Waals surface area contributed by atoms with Crippen molar-refractivity contribution in [1.29, 1.82) is 0 Å². The quantitative estimate of drug-likeness (QED) is 0.858. The van der Waals surface area contributed by atoms with E-state index in [9.17, 15) is 13.2 Å². The summed E-state index contributed by atoms with van der Waals surface area (Å²) >= 11 is 0. The summed E-state index contributed by atoms with van der Waals surface area (Å²) in [6, 6.07) is 11.9. The van der Waals surface area contributed by atoms with Gasteiger partial charge in [-0.2, -0.15) is 0 Å². The predicted octanol–water partition coefficient (Wildman–Crippen LogP) is 2.89. The SMILES string of the molecule is O=C(c1ccco1)N1[C@H]2CC[C@H]1CC(S(=O)(=O)c1ccccc1)C2. The van der Waals surface area contributed by atoms with E-state index >= 15 is 0 Å². The lowest BCUT2D eigenvalue weighted by Gasteiger charge is -2.38. The number of amides is 1. The number of piperidine rings is 1. The Labute approximate surface area is 141 Å². The lowest BCUT2D eigenvalue weighted by Crippen LogP contribution is -2.49. The molecule has 4 rings (SSSR count). The van der Waals surface area contributed by atoms with Crippen LogP contribution in [0.3, 0.4) is 0 Å². The summed E-state index contributed by atoms with van der Waals surface area (Å²) in [7, 11) is -3.35. The van der Waals surface area contributed by atoms with E-state index in [4.69, 9.17) is 4.42 Å². The lowest BCUT2D eigenvalue weighted by molar-refractivity contribution is 0.0565. The lowest BCUT2D eigenvalue weighted by atomic mass is 10.0. The molecule has 2 fully saturated rings. The van der Waals surface area contributed by atoms with Crippen LogP contribution >= 0.6 is 0 Å². The van der Waals surface area contributed by atoms with Gasteiger partial charge in [0.15, 0.2) is 15.6 Å². The van der Waals surface area contributed by atoms with Gasteiger partial charge in [0.1, 0.15) is 0 Å². The molecule has 2 bridgehead atoms. The van der Waals surface area contributed by atoms with Crippen molar-refractivity contribution in [2.75, 3.05) is 0 Å². The Morgan fingerprint density at radius 3 is 2.25 bits per heavy atom. The van der Waals surface area contributed by atoms with Gasteiger partial charge in [-0.15, -0.1) is 0 Å². The van der Waals surface area contributed by atoms with Gasteiger partial charge in [-0.3, -0.25) is 4.79 Å². The molecule has 126 valence electrons. The second-order valence-corrected chi connectivity index (χ2v) is 8.75. The highest BCUT2D eigenvalue weighted by Gasteiger charge is 2.47. The maximum atomic E-state index is 12.9. The zero-order valence-electron chi connectivity index (χ0n) is 13.2. The number of hydrogen-bond acceptors (Lipinski definition) is 4. The zero-order chi connectivity index (χ0) is 16.7. The molecule has 0 saturated carbocycles. The molecule has 5 nitrogen and oxygen atoms in total. The largest absolute Gasteiger partial charge is 0.459 e. The highest BCUT2D eigenvalue weighted by atomic mass is 32.2. The average molecular weight is 345 g/mol. The highest BCUT2D eigenvalue weighted by Crippen LogP contribution is 2.40. The number of furan rings is 1. The van der Waals surface area contributed by atoms with E-state index in [0.29, 0.717) is 23.5 Å². The Morgan fingerprint density at radius 1 is 1.00 bits per heavy atom. The van der Waals surface area contributed by atoms with Crippen molar-refractivity contribution >= 4 is 15.7 Å². The monoisotopic (exact) mass is 345 g/mol. The molecule has 1 aromatic carbocycles. The van der Waals surface area contributed by atoms with Crippen LogP contribution in [0.4, 0.5) is 0 Å². The van der Waals surface area contributed by atoms with Crippen molar-refractivity contribution in [2.24, 2.45) is 0 Å². The minimum Gasteiger partial charge on any atom is -0.459 e. The molecule has 2 aliphatic rings. The summed E-state index contributed by atoms with van der Waals surface area (Å²) in [5, 5.41) is -0.418. The van der Waals surface area contributed by atoms with Gasteiger partial charge in [0.2, 0.25) is 0 Å². The Balaban J connectivity index is 1.58. The number of fused-ring (bicyclic) bond motifs is 2. The van der Waals surface area contributed by atoms with Crippen LogP contribution in [0.15, 0.2) is 58.0 Å². The number of benzene rings is 1. The summed E-state index contributed by atoms with van der Waals surface area (Å²) < 4.78 is 31.0. The van der Waals surface area contributed by atoms with Crippen LogP contribution in [0.2, 0.25) is 0 Å². The number of carbonyl (C=O) groups excluding carboxylic acids is 1. The van der Waals surface area contributed by atoms with E-state index in [0.717, 1.165) is 12.8 Å². The van der Waals surface area contributed by atoms with E-state index in [1.165, 1.54) is 6.26 Å². The van der Waals surface area contributed by atoms with Gasteiger partial charge >= 0.3 is 0 Å². The summed E-state index contributed by atoms with van der Waals surface area (Å²) in [5.41, 5.74) is 0. The standard InChI is InChI=1S/C18H19NO4S/c20-18(17-7-4-10-23-17)19-13-8-9-14(19)12-16(11-13)24(21,22)15-5-2-1-3-6-15/h1-7,10,13-14,16H,8-9,11-12H2/t13-,14-/m0/s1. The fourth-order valence-electron chi connectivity index (χ4n) is 4.04. The van der Waals surface area contributed by atoms with Crippen molar-refractivity contribution in [1.82, 2.24) is 4.90 Å². The maximum Gasteiger partial charge on any atom is 0.290 e. The molecule has 0 aliphatic carbocycles. The van der Waals surface area contributed by atoms with Crippen LogP contribution in [0.5, 0.6) is 0 Å². The number of nitrogens with zero attached hydrogens (tertiary/aromatic N) is 1. The predicted molar refractivity (Wildman–Crippen MR) is 88.3 cm³/mol. The second kappa shape index (κ2) is 5.77. The second-order valence-electron chi connectivity index (χ2n) is 6.53. The van der Waals surface area contributed by atoms with Gasteiger partial charge < -0.3 is 9.32 Å². The number of hydrogen-bond donors (Lipinski definition) is 0. The van der Waals surface area contributed by atoms with Crippen LogP contribution in [0.1, 0.15) is 36.2 Å². The van der Waals surface area contributed by atoms with E-state index in [-0.39, 0.29) is 18.0 Å².